The van der Waals surface area contributed by atoms with Crippen molar-refractivity contribution in [3.63, 3.8) is 0 Å². The molecule has 0 aliphatic carbocycles. The number of guanidine groups is 1. The number of rotatable bonds is 8. The molecule has 1 aliphatic heterocycles. The molecular formula is C19H33IN4O. The van der Waals surface area contributed by atoms with Crippen molar-refractivity contribution in [1.82, 2.24) is 10.6 Å². The molecule has 1 unspecified atom stereocenters. The van der Waals surface area contributed by atoms with E-state index in [4.69, 9.17) is 4.74 Å². The maximum atomic E-state index is 5.36. The molecule has 0 bridgehead atoms. The lowest BCUT2D eigenvalue weighted by Crippen LogP contribution is -2.39. The molecule has 2 rings (SSSR count). The lowest BCUT2D eigenvalue weighted by Gasteiger charge is -2.22. The van der Waals surface area contributed by atoms with Crippen LogP contribution in [0.2, 0.25) is 0 Å². The van der Waals surface area contributed by atoms with E-state index >= 15 is 0 Å². The Bertz CT molecular complexity index is 518. The van der Waals surface area contributed by atoms with Gasteiger partial charge in [0, 0.05) is 31.9 Å². The van der Waals surface area contributed by atoms with Crippen LogP contribution in [0.25, 0.3) is 0 Å². The van der Waals surface area contributed by atoms with E-state index in [0.717, 1.165) is 19.1 Å². The van der Waals surface area contributed by atoms with E-state index in [9.17, 15) is 0 Å². The molecule has 142 valence electrons. The number of hydrogen-bond acceptors (Lipinski definition) is 3. The highest BCUT2D eigenvalue weighted by molar-refractivity contribution is 14.0. The van der Waals surface area contributed by atoms with Crippen LogP contribution in [0.1, 0.15) is 45.2 Å². The smallest absolute Gasteiger partial charge is 0.191 e. The van der Waals surface area contributed by atoms with Crippen molar-refractivity contribution in [1.29, 1.82) is 0 Å². The van der Waals surface area contributed by atoms with Crippen molar-refractivity contribution in [3.8, 4) is 0 Å². The molecule has 0 aromatic heterocycles. The molecule has 1 aliphatic rings. The van der Waals surface area contributed by atoms with E-state index in [-0.39, 0.29) is 30.0 Å². The highest BCUT2D eigenvalue weighted by Crippen LogP contribution is 2.23. The highest BCUT2D eigenvalue weighted by atomic mass is 127. The van der Waals surface area contributed by atoms with E-state index < -0.39 is 0 Å². The summed E-state index contributed by atoms with van der Waals surface area (Å²) >= 11 is 0. The minimum Gasteiger partial charge on any atom is -0.380 e. The van der Waals surface area contributed by atoms with Crippen LogP contribution in [0.5, 0.6) is 0 Å². The molecular weight excluding hydrogens is 427 g/mol. The summed E-state index contributed by atoms with van der Waals surface area (Å²) in [6.07, 6.45) is 2.60. The van der Waals surface area contributed by atoms with Gasteiger partial charge >= 0.3 is 0 Å². The molecule has 1 saturated heterocycles. The predicted octanol–water partition coefficient (Wildman–Crippen LogP) is 3.56. The van der Waals surface area contributed by atoms with Gasteiger partial charge < -0.3 is 20.3 Å². The Morgan fingerprint density at radius 3 is 2.72 bits per heavy atom. The summed E-state index contributed by atoms with van der Waals surface area (Å²) in [5, 5.41) is 6.80. The average molecular weight is 460 g/mol. The van der Waals surface area contributed by atoms with Crippen molar-refractivity contribution >= 4 is 35.6 Å². The first-order chi connectivity index (χ1) is 11.7. The average Bonchev–Trinajstić information content (AvgIpc) is 3.13. The maximum Gasteiger partial charge on any atom is 0.191 e. The highest BCUT2D eigenvalue weighted by Gasteiger charge is 2.14. The summed E-state index contributed by atoms with van der Waals surface area (Å²) in [6, 6.07) is 9.05. The van der Waals surface area contributed by atoms with Crippen LogP contribution >= 0.6 is 24.0 Å². The predicted molar refractivity (Wildman–Crippen MR) is 117 cm³/mol. The molecule has 6 heteroatoms. The first-order valence-corrected chi connectivity index (χ1v) is 9.22. The molecule has 2 N–H and O–H groups in total. The first-order valence-electron chi connectivity index (χ1n) is 9.22. The third kappa shape index (κ3) is 7.40. The van der Waals surface area contributed by atoms with Crippen molar-refractivity contribution < 1.29 is 4.74 Å². The molecule has 1 atom stereocenters. The van der Waals surface area contributed by atoms with Gasteiger partial charge in [-0.2, -0.15) is 0 Å². The monoisotopic (exact) mass is 460 g/mol. The van der Waals surface area contributed by atoms with Crippen LogP contribution < -0.4 is 15.5 Å². The quantitative estimate of drug-likeness (QED) is 0.270. The van der Waals surface area contributed by atoms with Gasteiger partial charge in [0.2, 0.25) is 0 Å². The van der Waals surface area contributed by atoms with Gasteiger partial charge in [0.05, 0.1) is 19.2 Å². The standard InChI is InChI=1S/C19H32N4O.HI/c1-4-20-19(21-11-14-24-5-2)22-16(3)17-9-8-10-18(15-17)23-12-6-7-13-23;/h8-10,15-16H,4-7,11-14H2,1-3H3,(H2,20,21,22);1H. The number of benzene rings is 1. The van der Waals surface area contributed by atoms with Gasteiger partial charge in [0.25, 0.3) is 0 Å². The van der Waals surface area contributed by atoms with Crippen LogP contribution in [0.3, 0.4) is 0 Å². The number of anilines is 1. The van der Waals surface area contributed by atoms with Crippen LogP contribution in [0.15, 0.2) is 29.3 Å². The summed E-state index contributed by atoms with van der Waals surface area (Å²) in [5.74, 6) is 0.844. The summed E-state index contributed by atoms with van der Waals surface area (Å²) in [6.45, 7) is 11.5. The van der Waals surface area contributed by atoms with Crippen LogP contribution in [-0.4, -0.2) is 45.4 Å². The van der Waals surface area contributed by atoms with Gasteiger partial charge in [-0.3, -0.25) is 4.99 Å². The van der Waals surface area contributed by atoms with Gasteiger partial charge in [-0.05, 0) is 51.3 Å². The lowest BCUT2D eigenvalue weighted by molar-refractivity contribution is 0.155. The molecule has 0 saturated carbocycles. The van der Waals surface area contributed by atoms with Crippen molar-refractivity contribution in [2.24, 2.45) is 4.99 Å². The Morgan fingerprint density at radius 1 is 1.28 bits per heavy atom. The molecule has 1 aromatic carbocycles. The number of ether oxygens (including phenoxy) is 1. The van der Waals surface area contributed by atoms with Crippen LogP contribution in [0.4, 0.5) is 5.69 Å². The van der Waals surface area contributed by atoms with E-state index in [0.29, 0.717) is 13.2 Å². The molecule has 0 spiro atoms. The molecule has 0 radical (unpaired) electrons. The number of nitrogens with one attached hydrogen (secondary N) is 2. The lowest BCUT2D eigenvalue weighted by atomic mass is 10.1. The van der Waals surface area contributed by atoms with Gasteiger partial charge in [0.15, 0.2) is 5.96 Å². The van der Waals surface area contributed by atoms with Crippen molar-refractivity contribution in [3.05, 3.63) is 29.8 Å². The Kier molecular flexibility index (Phi) is 10.9. The minimum absolute atomic E-state index is 0. The second kappa shape index (κ2) is 12.4. The van der Waals surface area contributed by atoms with E-state index in [1.54, 1.807) is 0 Å². The molecule has 1 heterocycles. The largest absolute Gasteiger partial charge is 0.380 e. The van der Waals surface area contributed by atoms with Crippen molar-refractivity contribution in [2.75, 3.05) is 44.3 Å². The number of aliphatic imine (C=N–C) groups is 1. The molecule has 25 heavy (non-hydrogen) atoms. The fourth-order valence-electron chi connectivity index (χ4n) is 2.94. The Labute approximate surface area is 169 Å². The first kappa shape index (κ1) is 22.0. The number of hydrogen-bond donors (Lipinski definition) is 2. The summed E-state index contributed by atoms with van der Waals surface area (Å²) in [4.78, 5) is 7.05. The molecule has 1 fully saturated rings. The second-order valence-corrected chi connectivity index (χ2v) is 6.11. The molecule has 0 amide bonds. The molecule has 5 nitrogen and oxygen atoms in total. The van der Waals surface area contributed by atoms with Gasteiger partial charge in [-0.25, -0.2) is 0 Å². The van der Waals surface area contributed by atoms with E-state index in [2.05, 4.69) is 58.6 Å². The third-order valence-electron chi connectivity index (χ3n) is 4.25. The Balaban J connectivity index is 0.00000312. The normalized spacial score (nSPS) is 15.6. The zero-order valence-corrected chi connectivity index (χ0v) is 18.1. The Hall–Kier alpha value is -1.02. The zero-order chi connectivity index (χ0) is 17.2. The number of halogens is 1. The minimum atomic E-state index is 0. The second-order valence-electron chi connectivity index (χ2n) is 6.11. The fraction of sp³-hybridized carbons (Fsp3) is 0.632. The van der Waals surface area contributed by atoms with E-state index in [1.165, 1.54) is 37.2 Å². The van der Waals surface area contributed by atoms with Gasteiger partial charge in [-0.15, -0.1) is 24.0 Å². The van der Waals surface area contributed by atoms with Gasteiger partial charge in [0.1, 0.15) is 0 Å². The summed E-state index contributed by atoms with van der Waals surface area (Å²) in [7, 11) is 0. The fourth-order valence-corrected chi connectivity index (χ4v) is 2.94. The Morgan fingerprint density at radius 2 is 2.04 bits per heavy atom. The molecule has 1 aromatic rings. The van der Waals surface area contributed by atoms with Gasteiger partial charge in [-0.1, -0.05) is 12.1 Å². The zero-order valence-electron chi connectivity index (χ0n) is 15.8. The SMILES string of the molecule is CCNC(=NCCOCC)NC(C)c1cccc(N2CCCC2)c1.I. The summed E-state index contributed by atoms with van der Waals surface area (Å²) in [5.41, 5.74) is 2.62. The maximum absolute atomic E-state index is 5.36. The van der Waals surface area contributed by atoms with Crippen LogP contribution in [-0.2, 0) is 4.74 Å². The van der Waals surface area contributed by atoms with E-state index in [1.807, 2.05) is 6.92 Å². The number of nitrogens with zero attached hydrogens (tertiary/aromatic N) is 2. The van der Waals surface area contributed by atoms with Crippen molar-refractivity contribution in [2.45, 2.75) is 39.7 Å². The van der Waals surface area contributed by atoms with Crippen LogP contribution in [0, 0.1) is 0 Å². The third-order valence-corrected chi connectivity index (χ3v) is 4.25. The summed E-state index contributed by atoms with van der Waals surface area (Å²) < 4.78 is 5.36. The topological polar surface area (TPSA) is 48.9 Å².